The third-order valence-electron chi connectivity index (χ3n) is 7.65. The van der Waals surface area contributed by atoms with E-state index in [0.29, 0.717) is 34.9 Å². The first kappa shape index (κ1) is 41.6. The fourth-order valence-corrected chi connectivity index (χ4v) is 6.58. The van der Waals surface area contributed by atoms with Crippen LogP contribution in [-0.2, 0) is 41.5 Å². The molecule has 6 aromatic rings. The second kappa shape index (κ2) is 22.1. The molecule has 0 spiro atoms. The predicted molar refractivity (Wildman–Crippen MR) is 215 cm³/mol. The molecule has 0 unspecified atom stereocenters. The summed E-state index contributed by atoms with van der Waals surface area (Å²) in [5.41, 5.74) is 10.1. The number of esters is 2. The van der Waals surface area contributed by atoms with Crippen LogP contribution in [0.5, 0.6) is 0 Å². The van der Waals surface area contributed by atoms with Crippen LogP contribution in [0.25, 0.3) is 0 Å². The molecular formula is C42H42N4O7S2. The van der Waals surface area contributed by atoms with Crippen molar-refractivity contribution in [3.05, 3.63) is 166 Å². The molecule has 13 heteroatoms. The highest BCUT2D eigenvalue weighted by Crippen LogP contribution is 2.28. The summed E-state index contributed by atoms with van der Waals surface area (Å²) in [4.78, 5) is 55.1. The lowest BCUT2D eigenvalue weighted by Crippen LogP contribution is -2.22. The van der Waals surface area contributed by atoms with Crippen molar-refractivity contribution in [1.82, 2.24) is 9.97 Å². The normalized spacial score (nSPS) is 10.3. The highest BCUT2D eigenvalue weighted by Gasteiger charge is 2.24. The molecule has 6 rings (SSSR count). The zero-order valence-corrected chi connectivity index (χ0v) is 32.0. The first-order chi connectivity index (χ1) is 26.7. The number of amides is 1. The minimum Gasteiger partial charge on any atom is -0.481 e. The Bertz CT molecular complexity index is 2000. The Labute approximate surface area is 327 Å². The highest BCUT2D eigenvalue weighted by atomic mass is 32.1. The van der Waals surface area contributed by atoms with E-state index >= 15 is 0 Å². The van der Waals surface area contributed by atoms with Gasteiger partial charge in [0.05, 0.1) is 43.4 Å². The van der Waals surface area contributed by atoms with Gasteiger partial charge in [-0.3, -0.25) is 19.2 Å². The molecule has 284 valence electrons. The maximum Gasteiger partial charge on any atom is 0.315 e. The molecule has 4 N–H and O–H groups in total. The molecule has 55 heavy (non-hydrogen) atoms. The van der Waals surface area contributed by atoms with Gasteiger partial charge in [-0.1, -0.05) is 121 Å². The van der Waals surface area contributed by atoms with Gasteiger partial charge in [-0.2, -0.15) is 0 Å². The number of carbonyl (C=O) groups excluding carboxylic acids is 3. The van der Waals surface area contributed by atoms with Crippen molar-refractivity contribution in [1.29, 1.82) is 0 Å². The van der Waals surface area contributed by atoms with Crippen LogP contribution in [0, 0.1) is 0 Å². The minimum atomic E-state index is -0.822. The van der Waals surface area contributed by atoms with E-state index in [4.69, 9.17) is 15.2 Å². The average molecular weight is 779 g/mol. The maximum atomic E-state index is 13.0. The Morgan fingerprint density at radius 1 is 0.618 bits per heavy atom. The summed E-state index contributed by atoms with van der Waals surface area (Å²) in [5.74, 6) is -2.59. The van der Waals surface area contributed by atoms with E-state index in [1.807, 2.05) is 121 Å². The second-order valence-electron chi connectivity index (χ2n) is 11.6. The molecule has 0 saturated carbocycles. The molecule has 0 aliphatic rings. The van der Waals surface area contributed by atoms with E-state index in [9.17, 15) is 24.3 Å². The number of aromatic nitrogens is 2. The van der Waals surface area contributed by atoms with Crippen molar-refractivity contribution in [2.45, 2.75) is 38.5 Å². The third kappa shape index (κ3) is 13.6. The number of ether oxygens (including phenoxy) is 2. The number of rotatable bonds is 13. The maximum absolute atomic E-state index is 13.0. The number of carbonyl (C=O) groups is 4. The smallest absolute Gasteiger partial charge is 0.315 e. The Hall–Kier alpha value is -6.18. The van der Waals surface area contributed by atoms with Gasteiger partial charge < -0.3 is 25.6 Å². The Balaban J connectivity index is 0.000000203. The summed E-state index contributed by atoms with van der Waals surface area (Å²) < 4.78 is 9.67. The van der Waals surface area contributed by atoms with Gasteiger partial charge in [-0.05, 0) is 36.1 Å². The van der Waals surface area contributed by atoms with Crippen LogP contribution in [0.3, 0.4) is 0 Å². The number of carboxylic acid groups (broad SMARTS) is 1. The first-order valence-corrected chi connectivity index (χ1v) is 19.1. The van der Waals surface area contributed by atoms with Crippen LogP contribution in [0.4, 0.5) is 10.3 Å². The lowest BCUT2D eigenvalue weighted by Gasteiger charge is -2.17. The monoisotopic (exact) mass is 778 g/mol. The fourth-order valence-electron chi connectivity index (χ4n) is 5.30. The lowest BCUT2D eigenvalue weighted by atomic mass is 9.90. The summed E-state index contributed by atoms with van der Waals surface area (Å²) in [6.07, 6.45) is 0.308. The summed E-state index contributed by atoms with van der Waals surface area (Å²) >= 11 is 2.62. The summed E-state index contributed by atoms with van der Waals surface area (Å²) in [6.45, 7) is 4.27. The standard InChI is InChI=1S/C21H20N2O3S.C14H12O2.C7H10N2O2S/c1-2-26-18(24)13-17-14-27-21(22-17)23-20(25)19(15-9-5-3-6-10-15)16-11-7-4-8-12-16;15-14(16)13(11-7-3-1-4-8-11)12-9-5-2-6-10-12;1-2-11-6(10)3-5-4-12-7(8)9-5/h3-12,14,19H,2,13H2,1H3,(H,22,23,25);1-10,13H,(H,15,16);4H,2-3H2,1H3,(H2,8,9). The van der Waals surface area contributed by atoms with Crippen molar-refractivity contribution >= 4 is 56.8 Å². The molecule has 0 saturated heterocycles. The van der Waals surface area contributed by atoms with E-state index < -0.39 is 17.8 Å². The molecule has 0 fully saturated rings. The minimum absolute atomic E-state index is 0.0982. The third-order valence-corrected chi connectivity index (χ3v) is 9.18. The molecule has 2 heterocycles. The number of thiazole rings is 2. The van der Waals surface area contributed by atoms with Gasteiger partial charge >= 0.3 is 17.9 Å². The van der Waals surface area contributed by atoms with Crippen molar-refractivity contribution < 1.29 is 33.8 Å². The summed E-state index contributed by atoms with van der Waals surface area (Å²) in [7, 11) is 0. The zero-order valence-electron chi connectivity index (χ0n) is 30.4. The van der Waals surface area contributed by atoms with Crippen molar-refractivity contribution in [3.8, 4) is 0 Å². The van der Waals surface area contributed by atoms with Gasteiger partial charge in [-0.15, -0.1) is 22.7 Å². The number of nitrogens with one attached hydrogen (secondary N) is 1. The second-order valence-corrected chi connectivity index (χ2v) is 13.4. The number of nitrogens with two attached hydrogens (primary N) is 1. The van der Waals surface area contributed by atoms with Crippen LogP contribution in [0.15, 0.2) is 132 Å². The Morgan fingerprint density at radius 3 is 1.36 bits per heavy atom. The van der Waals surface area contributed by atoms with E-state index in [2.05, 4.69) is 15.3 Å². The topological polar surface area (TPSA) is 171 Å². The number of benzene rings is 4. The molecule has 11 nitrogen and oxygen atoms in total. The van der Waals surface area contributed by atoms with Crippen LogP contribution in [0.2, 0.25) is 0 Å². The summed E-state index contributed by atoms with van der Waals surface area (Å²) in [6, 6.07) is 37.8. The summed E-state index contributed by atoms with van der Waals surface area (Å²) in [5, 5.41) is 16.6. The Kier molecular flexibility index (Phi) is 16.7. The van der Waals surface area contributed by atoms with E-state index in [1.54, 1.807) is 24.6 Å². The fraction of sp³-hybridized carbons (Fsp3) is 0.190. The van der Waals surface area contributed by atoms with E-state index in [-0.39, 0.29) is 30.7 Å². The van der Waals surface area contributed by atoms with Crippen LogP contribution in [-0.4, -0.2) is 52.1 Å². The zero-order chi connectivity index (χ0) is 39.4. The highest BCUT2D eigenvalue weighted by molar-refractivity contribution is 7.14. The van der Waals surface area contributed by atoms with Gasteiger partial charge in [0.2, 0.25) is 5.91 Å². The van der Waals surface area contributed by atoms with Gasteiger partial charge in [-0.25, -0.2) is 9.97 Å². The van der Waals surface area contributed by atoms with Crippen LogP contribution >= 0.6 is 22.7 Å². The van der Waals surface area contributed by atoms with Gasteiger partial charge in [0.15, 0.2) is 10.3 Å². The number of nitrogen functional groups attached to an aromatic ring is 1. The average Bonchev–Trinajstić information content (AvgIpc) is 3.81. The predicted octanol–water partition coefficient (Wildman–Crippen LogP) is 7.75. The molecule has 0 aliphatic heterocycles. The lowest BCUT2D eigenvalue weighted by molar-refractivity contribution is -0.143. The molecule has 0 radical (unpaired) electrons. The van der Waals surface area contributed by atoms with Crippen LogP contribution in [0.1, 0.15) is 59.3 Å². The molecule has 4 aromatic carbocycles. The molecule has 0 bridgehead atoms. The van der Waals surface area contributed by atoms with Gasteiger partial charge in [0.1, 0.15) is 5.92 Å². The molecule has 0 aliphatic carbocycles. The molecular weight excluding hydrogens is 737 g/mol. The van der Waals surface area contributed by atoms with Gasteiger partial charge in [0.25, 0.3) is 0 Å². The SMILES string of the molecule is CCOC(=O)Cc1csc(N)n1.CCOC(=O)Cc1csc(NC(=O)C(c2ccccc2)c2ccccc2)n1.O=C(O)C(c1ccccc1)c1ccccc1. The quantitative estimate of drug-likeness (QED) is 0.0985. The number of hydrogen-bond acceptors (Lipinski definition) is 11. The van der Waals surface area contributed by atoms with E-state index in [1.165, 1.54) is 22.7 Å². The molecule has 2 aromatic heterocycles. The number of nitrogens with zero attached hydrogens (tertiary/aromatic N) is 2. The van der Waals surface area contributed by atoms with Crippen molar-refractivity contribution in [2.24, 2.45) is 0 Å². The number of carboxylic acids is 1. The number of anilines is 2. The number of aliphatic carboxylic acids is 1. The van der Waals surface area contributed by atoms with Crippen molar-refractivity contribution in [3.63, 3.8) is 0 Å². The van der Waals surface area contributed by atoms with Crippen molar-refractivity contribution in [2.75, 3.05) is 24.3 Å². The van der Waals surface area contributed by atoms with Gasteiger partial charge in [0, 0.05) is 10.8 Å². The largest absolute Gasteiger partial charge is 0.481 e. The first-order valence-electron chi connectivity index (χ1n) is 17.4. The van der Waals surface area contributed by atoms with Crippen LogP contribution < -0.4 is 11.1 Å². The van der Waals surface area contributed by atoms with E-state index in [0.717, 1.165) is 22.3 Å². The molecule has 0 atom stereocenters. The molecule has 1 amide bonds. The Morgan fingerprint density at radius 2 is 1.00 bits per heavy atom. The number of hydrogen-bond donors (Lipinski definition) is 3.